The van der Waals surface area contributed by atoms with E-state index in [4.69, 9.17) is 10.8 Å². The second kappa shape index (κ2) is 8.97. The van der Waals surface area contributed by atoms with Gasteiger partial charge in [0.2, 0.25) is 0 Å². The van der Waals surface area contributed by atoms with E-state index in [9.17, 15) is 4.79 Å². The van der Waals surface area contributed by atoms with Crippen molar-refractivity contribution in [3.63, 3.8) is 0 Å². The fraction of sp³-hybridized carbons (Fsp3) is 0.476. The lowest BCUT2D eigenvalue weighted by atomic mass is 9.98. The summed E-state index contributed by atoms with van der Waals surface area (Å²) in [4.78, 5) is 12.5. The first-order valence-electron chi connectivity index (χ1n) is 9.03. The van der Waals surface area contributed by atoms with Crippen LogP contribution in [0.2, 0.25) is 0 Å². The van der Waals surface area contributed by atoms with Crippen LogP contribution in [-0.2, 0) is 19.9 Å². The summed E-state index contributed by atoms with van der Waals surface area (Å²) in [6.45, 7) is 4.26. The van der Waals surface area contributed by atoms with Gasteiger partial charge in [0.1, 0.15) is 0 Å². The predicted octanol–water partition coefficient (Wildman–Crippen LogP) is 3.10. The zero-order valence-corrected chi connectivity index (χ0v) is 15.6. The molecule has 1 heterocycles. The summed E-state index contributed by atoms with van der Waals surface area (Å²) < 4.78 is 1.96. The number of aryl methyl sites for hydroxylation is 3. The minimum atomic E-state index is -0.202. The number of aliphatic hydroxyl groups is 1. The second-order valence-corrected chi connectivity index (χ2v) is 6.89. The van der Waals surface area contributed by atoms with Crippen molar-refractivity contribution in [2.75, 3.05) is 6.61 Å². The molecular formula is C21H30N2O2. The van der Waals surface area contributed by atoms with Gasteiger partial charge in [0.05, 0.1) is 12.3 Å². The van der Waals surface area contributed by atoms with Gasteiger partial charge in [-0.25, -0.2) is 0 Å². The van der Waals surface area contributed by atoms with Crippen molar-refractivity contribution in [3.05, 3.63) is 58.4 Å². The van der Waals surface area contributed by atoms with Crippen molar-refractivity contribution in [3.8, 4) is 0 Å². The number of aromatic nitrogens is 1. The second-order valence-electron chi connectivity index (χ2n) is 6.89. The van der Waals surface area contributed by atoms with E-state index in [1.807, 2.05) is 23.7 Å². The number of nitrogens with two attached hydrogens (primary N) is 1. The highest BCUT2D eigenvalue weighted by atomic mass is 16.3. The van der Waals surface area contributed by atoms with Crippen molar-refractivity contribution < 1.29 is 9.90 Å². The summed E-state index contributed by atoms with van der Waals surface area (Å²) >= 11 is 0. The Hall–Kier alpha value is -1.91. The maximum absolute atomic E-state index is 12.5. The van der Waals surface area contributed by atoms with Gasteiger partial charge in [-0.1, -0.05) is 18.2 Å². The zero-order chi connectivity index (χ0) is 18.4. The average Bonchev–Trinajstić information content (AvgIpc) is 2.97. The molecule has 1 unspecified atom stereocenters. The normalized spacial score (nSPS) is 12.4. The van der Waals surface area contributed by atoms with Crippen molar-refractivity contribution >= 4 is 5.78 Å². The van der Waals surface area contributed by atoms with Crippen molar-refractivity contribution in [1.82, 2.24) is 4.57 Å². The molecule has 0 radical (unpaired) electrons. The number of rotatable bonds is 9. The van der Waals surface area contributed by atoms with Crippen LogP contribution in [0.1, 0.15) is 52.1 Å². The summed E-state index contributed by atoms with van der Waals surface area (Å²) in [6, 6.07) is 10.0. The van der Waals surface area contributed by atoms with Gasteiger partial charge in [-0.2, -0.15) is 0 Å². The third kappa shape index (κ3) is 5.03. The summed E-state index contributed by atoms with van der Waals surface area (Å²) in [5.74, 6) is 0.186. The Labute approximate surface area is 150 Å². The Bertz CT molecular complexity index is 719. The highest BCUT2D eigenvalue weighted by Crippen LogP contribution is 2.17. The molecule has 1 aromatic carbocycles. The summed E-state index contributed by atoms with van der Waals surface area (Å²) in [6.07, 6.45) is 3.84. The predicted molar refractivity (Wildman–Crippen MR) is 102 cm³/mol. The topological polar surface area (TPSA) is 68.2 Å². The number of ketones is 1. The Morgan fingerprint density at radius 2 is 1.96 bits per heavy atom. The lowest BCUT2D eigenvalue weighted by Crippen LogP contribution is -2.25. The molecule has 0 fully saturated rings. The number of aliphatic hydroxyl groups excluding tert-OH is 1. The SMILES string of the molecule is Cc1cccc(CCCC(=O)c2ccc(CCC(N)CO)n2C)c1C. The largest absolute Gasteiger partial charge is 0.395 e. The van der Waals surface area contributed by atoms with Crippen molar-refractivity contribution in [1.29, 1.82) is 0 Å². The summed E-state index contributed by atoms with van der Waals surface area (Å²) in [5, 5.41) is 9.02. The first-order chi connectivity index (χ1) is 11.9. The number of Topliss-reactive ketones (excluding diaryl/α,β-unsaturated/α-hetero) is 1. The monoisotopic (exact) mass is 342 g/mol. The molecule has 4 nitrogen and oxygen atoms in total. The first kappa shape index (κ1) is 19.4. The van der Waals surface area contributed by atoms with Gasteiger partial charge in [-0.3, -0.25) is 4.79 Å². The molecule has 0 amide bonds. The van der Waals surface area contributed by atoms with Crippen LogP contribution in [0.15, 0.2) is 30.3 Å². The van der Waals surface area contributed by atoms with Gasteiger partial charge in [0.25, 0.3) is 0 Å². The van der Waals surface area contributed by atoms with Crippen LogP contribution in [0.3, 0.4) is 0 Å². The number of benzene rings is 1. The highest BCUT2D eigenvalue weighted by molar-refractivity contribution is 5.94. The molecule has 4 heteroatoms. The molecule has 0 spiro atoms. The quantitative estimate of drug-likeness (QED) is 0.688. The molecule has 0 aliphatic carbocycles. The Balaban J connectivity index is 1.91. The molecule has 136 valence electrons. The Kier molecular flexibility index (Phi) is 6.97. The van der Waals surface area contributed by atoms with Gasteiger partial charge in [0, 0.05) is 25.2 Å². The van der Waals surface area contributed by atoms with Crippen molar-refractivity contribution in [2.24, 2.45) is 12.8 Å². The molecule has 0 bridgehead atoms. The van der Waals surface area contributed by atoms with E-state index in [2.05, 4.69) is 32.0 Å². The minimum absolute atomic E-state index is 0.00537. The van der Waals surface area contributed by atoms with E-state index in [1.165, 1.54) is 16.7 Å². The molecule has 2 rings (SSSR count). The van der Waals surface area contributed by atoms with Gasteiger partial charge in [-0.05, 0) is 68.4 Å². The summed E-state index contributed by atoms with van der Waals surface area (Å²) in [7, 11) is 1.93. The van der Waals surface area contributed by atoms with Crippen LogP contribution < -0.4 is 5.73 Å². The van der Waals surface area contributed by atoms with Crippen LogP contribution in [-0.4, -0.2) is 28.1 Å². The van der Waals surface area contributed by atoms with E-state index in [0.29, 0.717) is 12.8 Å². The van der Waals surface area contributed by atoms with E-state index in [-0.39, 0.29) is 18.4 Å². The Morgan fingerprint density at radius 1 is 1.20 bits per heavy atom. The van der Waals surface area contributed by atoms with E-state index >= 15 is 0 Å². The van der Waals surface area contributed by atoms with Crippen LogP contribution in [0.25, 0.3) is 0 Å². The lowest BCUT2D eigenvalue weighted by molar-refractivity contribution is 0.0972. The number of hydrogen-bond donors (Lipinski definition) is 2. The third-order valence-corrected chi connectivity index (χ3v) is 5.08. The number of carbonyl (C=O) groups excluding carboxylic acids is 1. The lowest BCUT2D eigenvalue weighted by Gasteiger charge is -2.11. The first-order valence-corrected chi connectivity index (χ1v) is 9.03. The van der Waals surface area contributed by atoms with E-state index in [0.717, 1.165) is 30.7 Å². The van der Waals surface area contributed by atoms with E-state index in [1.54, 1.807) is 0 Å². The number of nitrogens with zero attached hydrogens (tertiary/aromatic N) is 1. The molecule has 1 atom stereocenters. The molecule has 0 saturated heterocycles. The molecule has 3 N–H and O–H groups in total. The number of carbonyl (C=O) groups is 1. The van der Waals surface area contributed by atoms with Crippen LogP contribution in [0, 0.1) is 13.8 Å². The summed E-state index contributed by atoms with van der Waals surface area (Å²) in [5.41, 5.74) is 11.6. The zero-order valence-electron chi connectivity index (χ0n) is 15.6. The molecule has 1 aromatic heterocycles. The fourth-order valence-electron chi connectivity index (χ4n) is 3.16. The molecule has 2 aromatic rings. The van der Waals surface area contributed by atoms with Crippen LogP contribution in [0.4, 0.5) is 0 Å². The smallest absolute Gasteiger partial charge is 0.179 e. The van der Waals surface area contributed by atoms with Crippen molar-refractivity contribution in [2.45, 2.75) is 52.0 Å². The molecule has 25 heavy (non-hydrogen) atoms. The van der Waals surface area contributed by atoms with E-state index < -0.39 is 0 Å². The maximum Gasteiger partial charge on any atom is 0.179 e. The molecule has 0 saturated carbocycles. The molecule has 0 aliphatic heterocycles. The maximum atomic E-state index is 12.5. The third-order valence-electron chi connectivity index (χ3n) is 5.08. The highest BCUT2D eigenvalue weighted by Gasteiger charge is 2.13. The molecular weight excluding hydrogens is 312 g/mol. The standard InChI is InChI=1S/C21H30N2O2/c1-15-6-4-7-17(16(15)2)8-5-9-21(25)20-13-12-19(23(20)3)11-10-18(22)14-24/h4,6-7,12-13,18,24H,5,8-11,14,22H2,1-3H3. The average molecular weight is 342 g/mol. The molecule has 0 aliphatic rings. The van der Waals surface area contributed by atoms with Gasteiger partial charge in [-0.15, -0.1) is 0 Å². The number of hydrogen-bond acceptors (Lipinski definition) is 3. The van der Waals surface area contributed by atoms with Gasteiger partial charge in [0.15, 0.2) is 5.78 Å². The minimum Gasteiger partial charge on any atom is -0.395 e. The van der Waals surface area contributed by atoms with Gasteiger partial charge >= 0.3 is 0 Å². The van der Waals surface area contributed by atoms with Crippen LogP contribution in [0.5, 0.6) is 0 Å². The Morgan fingerprint density at radius 3 is 2.68 bits per heavy atom. The fourth-order valence-corrected chi connectivity index (χ4v) is 3.16. The van der Waals surface area contributed by atoms with Crippen LogP contribution >= 0.6 is 0 Å². The van der Waals surface area contributed by atoms with Gasteiger partial charge < -0.3 is 15.4 Å².